The lowest BCUT2D eigenvalue weighted by molar-refractivity contribution is -0.136. The lowest BCUT2D eigenvalue weighted by Gasteiger charge is -2.39. The Balaban J connectivity index is 1.68. The van der Waals surface area contributed by atoms with Crippen LogP contribution in [0.25, 0.3) is 0 Å². The van der Waals surface area contributed by atoms with Crippen molar-refractivity contribution >= 4 is 17.8 Å². The summed E-state index contributed by atoms with van der Waals surface area (Å²) in [6, 6.07) is 6.61. The van der Waals surface area contributed by atoms with Gasteiger partial charge in [-0.15, -0.1) is 0 Å². The van der Waals surface area contributed by atoms with Crippen molar-refractivity contribution in [3.63, 3.8) is 0 Å². The number of carbonyl (C=O) groups is 3. The third-order valence-electron chi connectivity index (χ3n) is 6.79. The van der Waals surface area contributed by atoms with Crippen LogP contribution >= 0.6 is 0 Å². The highest BCUT2D eigenvalue weighted by Crippen LogP contribution is 2.35. The molecule has 10 nitrogen and oxygen atoms in total. The molecule has 3 aliphatic rings. The number of rotatable bonds is 8. The van der Waals surface area contributed by atoms with Gasteiger partial charge in [0.2, 0.25) is 0 Å². The summed E-state index contributed by atoms with van der Waals surface area (Å²) in [4.78, 5) is 41.0. The van der Waals surface area contributed by atoms with Gasteiger partial charge in [-0.25, -0.2) is 9.69 Å². The summed E-state index contributed by atoms with van der Waals surface area (Å²) < 4.78 is 16.8. The van der Waals surface area contributed by atoms with Gasteiger partial charge in [0.1, 0.15) is 19.0 Å². The van der Waals surface area contributed by atoms with Crippen molar-refractivity contribution < 1.29 is 38.8 Å². The lowest BCUT2D eigenvalue weighted by atomic mass is 9.95. The number of carbonyl (C=O) groups excluding carboxylic acids is 2. The van der Waals surface area contributed by atoms with Gasteiger partial charge < -0.3 is 24.4 Å². The largest absolute Gasteiger partial charge is 0.490 e. The predicted octanol–water partition coefficient (Wildman–Crippen LogP) is 2.38. The first-order valence-electron chi connectivity index (χ1n) is 12.3. The minimum Gasteiger partial charge on any atom is -0.490 e. The molecule has 0 spiro atoms. The number of aliphatic hydroxyl groups is 1. The van der Waals surface area contributed by atoms with Crippen LogP contribution in [0, 0.1) is 0 Å². The van der Waals surface area contributed by atoms with Gasteiger partial charge in [-0.2, -0.15) is 0 Å². The number of Topliss-reactive ketones (excluding diaryl/α,β-unsaturated/α-hetero) is 1. The minimum absolute atomic E-state index is 0.0482. The molecule has 0 saturated carbocycles. The number of ketones is 1. The van der Waals surface area contributed by atoms with Crippen molar-refractivity contribution in [3.05, 3.63) is 71.2 Å². The Morgan fingerprint density at radius 2 is 2.03 bits per heavy atom. The van der Waals surface area contributed by atoms with Gasteiger partial charge in [0.05, 0.1) is 18.2 Å². The Morgan fingerprint density at radius 3 is 2.76 bits per heavy atom. The highest BCUT2D eigenvalue weighted by molar-refractivity contribution is 6.04. The molecule has 0 radical (unpaired) electrons. The molecule has 198 valence electrons. The van der Waals surface area contributed by atoms with Crippen LogP contribution < -0.4 is 0 Å². The van der Waals surface area contributed by atoms with Gasteiger partial charge in [-0.05, 0) is 30.5 Å². The van der Waals surface area contributed by atoms with Crippen LogP contribution in [-0.4, -0.2) is 83.0 Å². The van der Waals surface area contributed by atoms with E-state index in [0.717, 1.165) is 17.7 Å². The van der Waals surface area contributed by atoms with Crippen LogP contribution in [0.1, 0.15) is 30.4 Å². The zero-order valence-corrected chi connectivity index (χ0v) is 20.8. The Labute approximate surface area is 215 Å². The monoisotopic (exact) mass is 512 g/mol. The van der Waals surface area contributed by atoms with Crippen LogP contribution in [0.2, 0.25) is 0 Å². The standard InChI is InChI=1S/C27H32N2O8/c1-3-11-36-27(34)29-21-14-22(37-16-18-8-6-7-17(12-18)13-23(30)31)25(35-2)24(32)19(21)15-28-10-5-4-9-20(28)26(29)33/h3,6-8,12,14,20,25-26,33H,1,4-5,9-11,13,15-16H2,2H3,(H,30,31)/t20-,25?,26?/m0/s1. The summed E-state index contributed by atoms with van der Waals surface area (Å²) in [6.07, 6.45) is 2.35. The third-order valence-corrected chi connectivity index (χ3v) is 6.79. The molecular formula is C27H32N2O8. The predicted molar refractivity (Wildman–Crippen MR) is 132 cm³/mol. The van der Waals surface area contributed by atoms with Crippen molar-refractivity contribution in [1.29, 1.82) is 0 Å². The van der Waals surface area contributed by atoms with Crippen molar-refractivity contribution in [2.45, 2.75) is 50.7 Å². The van der Waals surface area contributed by atoms with Crippen LogP contribution in [0.4, 0.5) is 4.79 Å². The normalized spacial score (nSPS) is 23.9. The van der Waals surface area contributed by atoms with Crippen molar-refractivity contribution in [1.82, 2.24) is 9.80 Å². The van der Waals surface area contributed by atoms with E-state index in [1.54, 1.807) is 30.3 Å². The Hall–Kier alpha value is -3.47. The molecule has 10 heteroatoms. The molecule has 1 fully saturated rings. The molecule has 1 amide bonds. The van der Waals surface area contributed by atoms with Gasteiger partial charge in [0, 0.05) is 25.3 Å². The molecule has 0 aromatic heterocycles. The van der Waals surface area contributed by atoms with Crippen molar-refractivity contribution in [2.75, 3.05) is 26.8 Å². The molecule has 4 rings (SSSR count). The molecule has 2 aliphatic heterocycles. The number of aliphatic carboxylic acids is 1. The van der Waals surface area contributed by atoms with E-state index < -0.39 is 24.4 Å². The van der Waals surface area contributed by atoms with Crippen LogP contribution in [-0.2, 0) is 36.8 Å². The summed E-state index contributed by atoms with van der Waals surface area (Å²) in [7, 11) is 1.41. The molecule has 1 saturated heterocycles. The number of methoxy groups -OCH3 is 1. The smallest absolute Gasteiger partial charge is 0.416 e. The van der Waals surface area contributed by atoms with Gasteiger partial charge >= 0.3 is 12.1 Å². The number of hydrogen-bond acceptors (Lipinski definition) is 8. The summed E-state index contributed by atoms with van der Waals surface area (Å²) in [5.41, 5.74) is 1.91. The zero-order chi connectivity index (χ0) is 26.5. The van der Waals surface area contributed by atoms with Crippen LogP contribution in [0.15, 0.2) is 60.0 Å². The second-order valence-corrected chi connectivity index (χ2v) is 9.25. The third kappa shape index (κ3) is 5.76. The fourth-order valence-corrected chi connectivity index (χ4v) is 5.07. The highest BCUT2D eigenvalue weighted by Gasteiger charge is 2.45. The summed E-state index contributed by atoms with van der Waals surface area (Å²) >= 11 is 0. The maximum Gasteiger partial charge on any atom is 0.416 e. The Bertz CT molecular complexity index is 1130. The quantitative estimate of drug-likeness (QED) is 0.505. The van der Waals surface area contributed by atoms with Gasteiger partial charge in [-0.3, -0.25) is 14.5 Å². The first-order valence-corrected chi connectivity index (χ1v) is 12.3. The summed E-state index contributed by atoms with van der Waals surface area (Å²) in [5.74, 6) is -1.11. The van der Waals surface area contributed by atoms with E-state index in [4.69, 9.17) is 19.3 Å². The number of allylic oxidation sites excluding steroid dienone is 1. The number of benzene rings is 1. The van der Waals surface area contributed by atoms with Gasteiger partial charge in [0.25, 0.3) is 0 Å². The molecule has 1 aromatic rings. The Morgan fingerprint density at radius 1 is 1.24 bits per heavy atom. The number of nitrogens with zero attached hydrogens (tertiary/aromatic N) is 2. The number of ether oxygens (including phenoxy) is 3. The number of aliphatic hydroxyl groups excluding tert-OH is 1. The Kier molecular flexibility index (Phi) is 8.42. The zero-order valence-electron chi connectivity index (χ0n) is 20.8. The molecule has 3 atom stereocenters. The molecule has 1 aliphatic carbocycles. The van der Waals surface area contributed by atoms with Crippen LogP contribution in [0.5, 0.6) is 0 Å². The fraction of sp³-hybridized carbons (Fsp3) is 0.444. The van der Waals surface area contributed by atoms with E-state index >= 15 is 0 Å². The summed E-state index contributed by atoms with van der Waals surface area (Å²) in [5, 5.41) is 20.4. The molecular weight excluding hydrogens is 480 g/mol. The second kappa shape index (κ2) is 11.7. The maximum atomic E-state index is 13.6. The average Bonchev–Trinajstić information content (AvgIpc) is 3.00. The molecule has 0 bridgehead atoms. The first-order chi connectivity index (χ1) is 17.8. The van der Waals surface area contributed by atoms with E-state index in [2.05, 4.69) is 6.58 Å². The first kappa shape index (κ1) is 26.6. The molecule has 1 aromatic carbocycles. The topological polar surface area (TPSA) is 126 Å². The lowest BCUT2D eigenvalue weighted by Crippen LogP contribution is -2.53. The molecule has 2 heterocycles. The minimum atomic E-state index is -1.22. The molecule has 2 unspecified atom stereocenters. The van der Waals surface area contributed by atoms with E-state index in [-0.39, 0.29) is 49.5 Å². The average molecular weight is 513 g/mol. The number of carboxylic acid groups (broad SMARTS) is 1. The second-order valence-electron chi connectivity index (χ2n) is 9.25. The number of piperidine rings is 1. The van der Waals surface area contributed by atoms with E-state index in [1.165, 1.54) is 13.2 Å². The highest BCUT2D eigenvalue weighted by atomic mass is 16.6. The number of amides is 1. The van der Waals surface area contributed by atoms with Crippen molar-refractivity contribution in [3.8, 4) is 0 Å². The number of carboxylic acids is 1. The SMILES string of the molecule is C=CCOC(=O)N1C2=C(CN3CCCC[C@H]3C1O)C(=O)C(OC)C(OCc1cccc(CC(=O)O)c1)=C2. The van der Waals surface area contributed by atoms with Gasteiger partial charge in [0.15, 0.2) is 18.1 Å². The fourth-order valence-electron chi connectivity index (χ4n) is 5.07. The molecule has 37 heavy (non-hydrogen) atoms. The summed E-state index contributed by atoms with van der Waals surface area (Å²) in [6.45, 7) is 4.53. The number of fused-ring (bicyclic) bond motifs is 1. The van der Waals surface area contributed by atoms with E-state index in [0.29, 0.717) is 29.7 Å². The number of hydrogen-bond donors (Lipinski definition) is 2. The van der Waals surface area contributed by atoms with Crippen molar-refractivity contribution in [2.24, 2.45) is 0 Å². The van der Waals surface area contributed by atoms with Crippen LogP contribution in [0.3, 0.4) is 0 Å². The maximum absolute atomic E-state index is 13.6. The van der Waals surface area contributed by atoms with Gasteiger partial charge in [-0.1, -0.05) is 43.3 Å². The van der Waals surface area contributed by atoms with E-state index in [1.807, 2.05) is 4.90 Å². The molecule has 2 N–H and O–H groups in total. The van der Waals surface area contributed by atoms with E-state index in [9.17, 15) is 19.5 Å².